The van der Waals surface area contributed by atoms with Crippen LogP contribution in [0.15, 0.2) is 29.2 Å². The molecule has 1 aromatic rings. The minimum absolute atomic E-state index is 0.0698. The van der Waals surface area contributed by atoms with Crippen molar-refractivity contribution in [1.82, 2.24) is 10.2 Å². The maximum atomic E-state index is 12.5. The molecule has 0 spiro atoms. The van der Waals surface area contributed by atoms with Crippen molar-refractivity contribution < 1.29 is 26.8 Å². The fraction of sp³-hybridized carbons (Fsp3) is 0.467. The number of nitrogens with one attached hydrogen (secondary N) is 1. The number of rotatable bonds is 6. The predicted octanol–water partition coefficient (Wildman–Crippen LogP) is 1.53. The molecule has 0 saturated carbocycles. The smallest absolute Gasteiger partial charge is 0.341 e. The number of nitrogens with zero attached hydrogens (tertiary/aromatic N) is 1. The monoisotopic (exact) mass is 362 g/mol. The Labute approximate surface area is 139 Å². The van der Waals surface area contributed by atoms with Gasteiger partial charge in [0.25, 0.3) is 5.91 Å². The number of halogens is 2. The Morgan fingerprint density at radius 2 is 1.58 bits per heavy atom. The van der Waals surface area contributed by atoms with Gasteiger partial charge in [-0.1, -0.05) is 13.8 Å². The van der Waals surface area contributed by atoms with E-state index in [1.807, 2.05) is 0 Å². The van der Waals surface area contributed by atoms with Crippen molar-refractivity contribution in [3.05, 3.63) is 29.8 Å². The van der Waals surface area contributed by atoms with Crippen LogP contribution < -0.4 is 5.32 Å². The highest BCUT2D eigenvalue weighted by Gasteiger charge is 2.28. The molecule has 1 rings (SSSR count). The molecule has 134 valence electrons. The zero-order valence-electron chi connectivity index (χ0n) is 13.8. The van der Waals surface area contributed by atoms with E-state index in [1.54, 1.807) is 27.9 Å². The van der Waals surface area contributed by atoms with Crippen LogP contribution in [0.1, 0.15) is 24.2 Å². The first kappa shape index (κ1) is 20.0. The highest BCUT2D eigenvalue weighted by molar-refractivity contribution is 7.91. The minimum atomic E-state index is -4.71. The van der Waals surface area contributed by atoms with Gasteiger partial charge in [0.15, 0.2) is 0 Å². The largest absolute Gasteiger partial charge is 0.347 e. The summed E-state index contributed by atoms with van der Waals surface area (Å²) in [5.74, 6) is -4.57. The van der Waals surface area contributed by atoms with Gasteiger partial charge in [0, 0.05) is 19.7 Å². The number of hydrogen-bond acceptors (Lipinski definition) is 4. The van der Waals surface area contributed by atoms with Crippen molar-refractivity contribution in [3.8, 4) is 0 Å². The first-order valence-electron chi connectivity index (χ1n) is 7.12. The topological polar surface area (TPSA) is 83.5 Å². The van der Waals surface area contributed by atoms with E-state index in [0.717, 1.165) is 24.3 Å². The SMILES string of the molecule is CC(C)C(NC(=O)c1ccc(S(=O)(=O)C(F)F)cc1)C(=O)N(C)C. The summed E-state index contributed by atoms with van der Waals surface area (Å²) in [6.07, 6.45) is 0. The third-order valence-electron chi connectivity index (χ3n) is 3.34. The van der Waals surface area contributed by atoms with Gasteiger partial charge in [0.2, 0.25) is 15.7 Å². The highest BCUT2D eigenvalue weighted by Crippen LogP contribution is 2.18. The number of amides is 2. The average Bonchev–Trinajstić information content (AvgIpc) is 2.51. The molecule has 0 aromatic heterocycles. The van der Waals surface area contributed by atoms with E-state index in [-0.39, 0.29) is 17.4 Å². The summed E-state index contributed by atoms with van der Waals surface area (Å²) in [5.41, 5.74) is 0.0698. The van der Waals surface area contributed by atoms with Gasteiger partial charge in [-0.3, -0.25) is 9.59 Å². The lowest BCUT2D eigenvalue weighted by Gasteiger charge is -2.24. The number of alkyl halides is 2. The molecule has 1 unspecified atom stereocenters. The van der Waals surface area contributed by atoms with Gasteiger partial charge in [-0.2, -0.15) is 8.78 Å². The first-order chi connectivity index (χ1) is 11.0. The number of likely N-dealkylation sites (N-methyl/N-ethyl adjacent to an activating group) is 1. The van der Waals surface area contributed by atoms with Crippen LogP contribution in [0.3, 0.4) is 0 Å². The molecular formula is C15H20F2N2O4S. The van der Waals surface area contributed by atoms with Crippen molar-refractivity contribution in [2.24, 2.45) is 5.92 Å². The number of sulfone groups is 1. The van der Waals surface area contributed by atoms with E-state index in [4.69, 9.17) is 0 Å². The standard InChI is InChI=1S/C15H20F2N2O4S/c1-9(2)12(14(21)19(3)4)18-13(20)10-5-7-11(8-6-10)24(22,23)15(16)17/h5-9,12,15H,1-4H3,(H,18,20). The third-order valence-corrected chi connectivity index (χ3v) is 4.74. The first-order valence-corrected chi connectivity index (χ1v) is 8.67. The summed E-state index contributed by atoms with van der Waals surface area (Å²) in [6.45, 7) is 3.54. The van der Waals surface area contributed by atoms with E-state index < -0.39 is 32.4 Å². The molecule has 0 aliphatic rings. The molecule has 0 aliphatic carbocycles. The van der Waals surface area contributed by atoms with Gasteiger partial charge in [-0.05, 0) is 30.2 Å². The van der Waals surface area contributed by atoms with Crippen LogP contribution in [0.2, 0.25) is 0 Å². The molecule has 6 nitrogen and oxygen atoms in total. The fourth-order valence-corrected chi connectivity index (χ4v) is 2.64. The summed E-state index contributed by atoms with van der Waals surface area (Å²) in [5, 5.41) is 2.57. The molecule has 0 saturated heterocycles. The van der Waals surface area contributed by atoms with Gasteiger partial charge >= 0.3 is 5.76 Å². The lowest BCUT2D eigenvalue weighted by Crippen LogP contribution is -2.49. The zero-order chi connectivity index (χ0) is 18.7. The normalized spacial score (nSPS) is 13.0. The predicted molar refractivity (Wildman–Crippen MR) is 84.4 cm³/mol. The second-order valence-corrected chi connectivity index (χ2v) is 7.68. The zero-order valence-corrected chi connectivity index (χ0v) is 14.6. The van der Waals surface area contributed by atoms with Crippen LogP contribution in [0.4, 0.5) is 8.78 Å². The second-order valence-electron chi connectivity index (χ2n) is 5.76. The van der Waals surface area contributed by atoms with E-state index in [9.17, 15) is 26.8 Å². The summed E-state index contributed by atoms with van der Waals surface area (Å²) in [4.78, 5) is 25.0. The van der Waals surface area contributed by atoms with Gasteiger partial charge < -0.3 is 10.2 Å². The maximum absolute atomic E-state index is 12.5. The van der Waals surface area contributed by atoms with E-state index in [2.05, 4.69) is 5.32 Å². The number of carbonyl (C=O) groups excluding carboxylic acids is 2. The average molecular weight is 362 g/mol. The summed E-state index contributed by atoms with van der Waals surface area (Å²) >= 11 is 0. The summed E-state index contributed by atoms with van der Waals surface area (Å²) in [7, 11) is -1.58. The lowest BCUT2D eigenvalue weighted by atomic mass is 10.0. The molecule has 1 N–H and O–H groups in total. The summed E-state index contributed by atoms with van der Waals surface area (Å²) < 4.78 is 47.6. The Morgan fingerprint density at radius 3 is 1.96 bits per heavy atom. The van der Waals surface area contributed by atoms with Gasteiger partial charge in [-0.15, -0.1) is 0 Å². The Hall–Kier alpha value is -2.03. The number of hydrogen-bond donors (Lipinski definition) is 1. The molecule has 0 heterocycles. The van der Waals surface area contributed by atoms with Crippen LogP contribution in [0.5, 0.6) is 0 Å². The Morgan fingerprint density at radius 1 is 1.08 bits per heavy atom. The van der Waals surface area contributed by atoms with Crippen molar-refractivity contribution in [1.29, 1.82) is 0 Å². The lowest BCUT2D eigenvalue weighted by molar-refractivity contribution is -0.131. The molecule has 0 bridgehead atoms. The summed E-state index contributed by atoms with van der Waals surface area (Å²) in [6, 6.07) is 3.38. The molecule has 24 heavy (non-hydrogen) atoms. The molecule has 9 heteroatoms. The molecule has 1 aromatic carbocycles. The van der Waals surface area contributed by atoms with Crippen LogP contribution in [-0.4, -0.2) is 51.0 Å². The van der Waals surface area contributed by atoms with E-state index in [0.29, 0.717) is 0 Å². The van der Waals surface area contributed by atoms with Crippen molar-refractivity contribution in [2.75, 3.05) is 14.1 Å². The maximum Gasteiger partial charge on any atom is 0.341 e. The molecular weight excluding hydrogens is 342 g/mol. The quantitative estimate of drug-likeness (QED) is 0.832. The van der Waals surface area contributed by atoms with Crippen molar-refractivity contribution in [2.45, 2.75) is 30.5 Å². The Balaban J connectivity index is 2.98. The van der Waals surface area contributed by atoms with Gasteiger partial charge in [0.1, 0.15) is 6.04 Å². The fourth-order valence-electron chi connectivity index (χ4n) is 1.92. The molecule has 0 fully saturated rings. The van der Waals surface area contributed by atoms with E-state index >= 15 is 0 Å². The van der Waals surface area contributed by atoms with Crippen LogP contribution in [0, 0.1) is 5.92 Å². The molecule has 1 atom stereocenters. The van der Waals surface area contributed by atoms with Gasteiger partial charge in [-0.25, -0.2) is 8.42 Å². The van der Waals surface area contributed by atoms with Crippen molar-refractivity contribution >= 4 is 21.7 Å². The Kier molecular flexibility index (Phi) is 6.42. The number of carbonyl (C=O) groups is 2. The minimum Gasteiger partial charge on any atom is -0.347 e. The molecule has 0 aliphatic heterocycles. The van der Waals surface area contributed by atoms with Crippen LogP contribution in [0.25, 0.3) is 0 Å². The molecule has 0 radical (unpaired) electrons. The van der Waals surface area contributed by atoms with E-state index in [1.165, 1.54) is 4.90 Å². The van der Waals surface area contributed by atoms with Gasteiger partial charge in [0.05, 0.1) is 4.90 Å². The third kappa shape index (κ3) is 4.50. The second kappa shape index (κ2) is 7.69. The Bertz CT molecular complexity index is 701. The number of benzene rings is 1. The van der Waals surface area contributed by atoms with Crippen molar-refractivity contribution in [3.63, 3.8) is 0 Å². The van der Waals surface area contributed by atoms with Crippen LogP contribution in [-0.2, 0) is 14.6 Å². The molecule has 2 amide bonds. The van der Waals surface area contributed by atoms with Crippen LogP contribution >= 0.6 is 0 Å². The highest BCUT2D eigenvalue weighted by atomic mass is 32.2.